The number of benzene rings is 1. The van der Waals surface area contributed by atoms with Crippen LogP contribution in [0.3, 0.4) is 0 Å². The lowest BCUT2D eigenvalue weighted by molar-refractivity contribution is 0.771. The van der Waals surface area contributed by atoms with Gasteiger partial charge in [0.15, 0.2) is 0 Å². The summed E-state index contributed by atoms with van der Waals surface area (Å²) in [6.45, 7) is 3.46. The molecule has 1 aromatic heterocycles. The molecule has 2 rings (SSSR count). The first kappa shape index (κ1) is 11.2. The minimum atomic E-state index is 0.502. The number of hydrogen-bond donors (Lipinski definition) is 1. The van der Waals surface area contributed by atoms with E-state index in [0.29, 0.717) is 11.6 Å². The zero-order valence-corrected chi connectivity index (χ0v) is 9.91. The van der Waals surface area contributed by atoms with E-state index in [9.17, 15) is 0 Å². The molecule has 84 valence electrons. The summed E-state index contributed by atoms with van der Waals surface area (Å²) >= 11 is 6.22. The molecule has 0 unspecified atom stereocenters. The molecule has 3 nitrogen and oxygen atoms in total. The molecule has 0 saturated heterocycles. The Kier molecular flexibility index (Phi) is 3.27. The molecular weight excluding hydrogens is 222 g/mol. The molecule has 4 heteroatoms. The second-order valence-corrected chi connectivity index (χ2v) is 3.96. The topological polar surface area (TPSA) is 43.8 Å². The Balaban J connectivity index is 2.48. The molecule has 0 bridgehead atoms. The van der Waals surface area contributed by atoms with Gasteiger partial charge in [-0.15, -0.1) is 0 Å². The first-order valence-electron chi connectivity index (χ1n) is 5.26. The van der Waals surface area contributed by atoms with Crippen molar-refractivity contribution in [2.24, 2.45) is 5.73 Å². The highest BCUT2D eigenvalue weighted by atomic mass is 35.5. The Morgan fingerprint density at radius 1 is 1.44 bits per heavy atom. The summed E-state index contributed by atoms with van der Waals surface area (Å²) in [6.07, 6.45) is 3.73. The fourth-order valence-corrected chi connectivity index (χ4v) is 1.96. The Labute approximate surface area is 99.9 Å². The number of imidazole rings is 1. The normalized spacial score (nSPS) is 10.7. The Bertz CT molecular complexity index is 491. The van der Waals surface area contributed by atoms with Gasteiger partial charge in [0.05, 0.1) is 5.02 Å². The van der Waals surface area contributed by atoms with E-state index in [1.54, 1.807) is 6.20 Å². The van der Waals surface area contributed by atoms with Crippen LogP contribution in [0, 0.1) is 0 Å². The second kappa shape index (κ2) is 4.68. The fraction of sp³-hybridized carbons (Fsp3) is 0.250. The zero-order chi connectivity index (χ0) is 11.5. The van der Waals surface area contributed by atoms with Crippen LogP contribution in [-0.2, 0) is 13.1 Å². The predicted molar refractivity (Wildman–Crippen MR) is 66.2 cm³/mol. The standard InChI is InChI=1S/C12H14ClN3/c1-2-16-6-5-15-12(16)10-4-3-9(8-14)7-11(10)13/h3-7H,2,8,14H2,1H3. The number of aryl methyl sites for hydroxylation is 1. The van der Waals surface area contributed by atoms with Gasteiger partial charge < -0.3 is 10.3 Å². The van der Waals surface area contributed by atoms with Crippen LogP contribution in [0.2, 0.25) is 5.02 Å². The highest BCUT2D eigenvalue weighted by Crippen LogP contribution is 2.27. The van der Waals surface area contributed by atoms with Crippen LogP contribution < -0.4 is 5.73 Å². The van der Waals surface area contributed by atoms with Crippen molar-refractivity contribution >= 4 is 11.6 Å². The molecule has 0 atom stereocenters. The largest absolute Gasteiger partial charge is 0.331 e. The number of aromatic nitrogens is 2. The lowest BCUT2D eigenvalue weighted by Gasteiger charge is -2.07. The van der Waals surface area contributed by atoms with Crippen LogP contribution in [0.4, 0.5) is 0 Å². The molecule has 0 aliphatic heterocycles. The Morgan fingerprint density at radius 3 is 2.88 bits per heavy atom. The monoisotopic (exact) mass is 235 g/mol. The predicted octanol–water partition coefficient (Wildman–Crippen LogP) is 2.68. The number of nitrogens with two attached hydrogens (primary N) is 1. The average Bonchev–Trinajstić information content (AvgIpc) is 2.76. The summed E-state index contributed by atoms with van der Waals surface area (Å²) in [4.78, 5) is 4.32. The molecule has 0 saturated carbocycles. The molecular formula is C12H14ClN3. The highest BCUT2D eigenvalue weighted by Gasteiger charge is 2.09. The molecule has 2 N–H and O–H groups in total. The van der Waals surface area contributed by atoms with Crippen LogP contribution in [0.25, 0.3) is 11.4 Å². The van der Waals surface area contributed by atoms with Crippen molar-refractivity contribution in [3.05, 3.63) is 41.2 Å². The first-order chi connectivity index (χ1) is 7.76. The van der Waals surface area contributed by atoms with Crippen molar-refractivity contribution in [1.82, 2.24) is 9.55 Å². The molecule has 2 aromatic rings. The molecule has 0 fully saturated rings. The SMILES string of the molecule is CCn1ccnc1-c1ccc(CN)cc1Cl. The highest BCUT2D eigenvalue weighted by molar-refractivity contribution is 6.33. The first-order valence-corrected chi connectivity index (χ1v) is 5.64. The van der Waals surface area contributed by atoms with Crippen LogP contribution >= 0.6 is 11.6 Å². The van der Waals surface area contributed by atoms with Gasteiger partial charge >= 0.3 is 0 Å². The third kappa shape index (κ3) is 1.96. The number of rotatable bonds is 3. The third-order valence-electron chi connectivity index (χ3n) is 2.57. The molecule has 1 heterocycles. The van der Waals surface area contributed by atoms with Crippen LogP contribution in [0.5, 0.6) is 0 Å². The molecule has 0 amide bonds. The van der Waals surface area contributed by atoms with Crippen molar-refractivity contribution in [2.45, 2.75) is 20.0 Å². The lowest BCUT2D eigenvalue weighted by Crippen LogP contribution is -1.99. The van der Waals surface area contributed by atoms with Gasteiger partial charge in [-0.25, -0.2) is 4.98 Å². The van der Waals surface area contributed by atoms with E-state index >= 15 is 0 Å². The maximum Gasteiger partial charge on any atom is 0.141 e. The summed E-state index contributed by atoms with van der Waals surface area (Å²) in [6, 6.07) is 5.85. The third-order valence-corrected chi connectivity index (χ3v) is 2.88. The number of halogens is 1. The van der Waals surface area contributed by atoms with Crippen LogP contribution in [-0.4, -0.2) is 9.55 Å². The van der Waals surface area contributed by atoms with Crippen molar-refractivity contribution in [2.75, 3.05) is 0 Å². The number of nitrogens with zero attached hydrogens (tertiary/aromatic N) is 2. The molecule has 0 radical (unpaired) electrons. The maximum atomic E-state index is 6.22. The minimum absolute atomic E-state index is 0.502. The van der Waals surface area contributed by atoms with Crippen molar-refractivity contribution in [3.63, 3.8) is 0 Å². The van der Waals surface area contributed by atoms with Crippen molar-refractivity contribution in [1.29, 1.82) is 0 Å². The van der Waals surface area contributed by atoms with Crippen LogP contribution in [0.1, 0.15) is 12.5 Å². The van der Waals surface area contributed by atoms with E-state index in [1.165, 1.54) is 0 Å². The van der Waals surface area contributed by atoms with E-state index in [4.69, 9.17) is 17.3 Å². The summed E-state index contributed by atoms with van der Waals surface area (Å²) in [5.41, 5.74) is 7.54. The Hall–Kier alpha value is -1.32. The van der Waals surface area contributed by atoms with E-state index in [1.807, 2.05) is 24.4 Å². The van der Waals surface area contributed by atoms with Gasteiger partial charge in [-0.1, -0.05) is 17.7 Å². The molecule has 0 aliphatic rings. The van der Waals surface area contributed by atoms with Crippen molar-refractivity contribution < 1.29 is 0 Å². The van der Waals surface area contributed by atoms with Crippen molar-refractivity contribution in [3.8, 4) is 11.4 Å². The van der Waals surface area contributed by atoms with Gasteiger partial charge in [0.2, 0.25) is 0 Å². The summed E-state index contributed by atoms with van der Waals surface area (Å²) in [5.74, 6) is 0.899. The zero-order valence-electron chi connectivity index (χ0n) is 9.15. The summed E-state index contributed by atoms with van der Waals surface area (Å²) in [7, 11) is 0. The van der Waals surface area contributed by atoms with Crippen LogP contribution in [0.15, 0.2) is 30.6 Å². The smallest absolute Gasteiger partial charge is 0.141 e. The van der Waals surface area contributed by atoms with Gasteiger partial charge in [-0.2, -0.15) is 0 Å². The fourth-order valence-electron chi connectivity index (χ4n) is 1.68. The second-order valence-electron chi connectivity index (χ2n) is 3.56. The molecule has 1 aromatic carbocycles. The van der Waals surface area contributed by atoms with E-state index in [-0.39, 0.29) is 0 Å². The lowest BCUT2D eigenvalue weighted by atomic mass is 10.1. The minimum Gasteiger partial charge on any atom is -0.331 e. The van der Waals surface area contributed by atoms with Gasteiger partial charge in [-0.3, -0.25) is 0 Å². The summed E-state index contributed by atoms with van der Waals surface area (Å²) in [5, 5.41) is 0.698. The molecule has 0 aliphatic carbocycles. The van der Waals surface area contributed by atoms with E-state index in [0.717, 1.165) is 23.5 Å². The molecule has 16 heavy (non-hydrogen) atoms. The molecule has 0 spiro atoms. The van der Waals surface area contributed by atoms with Gasteiger partial charge in [-0.05, 0) is 24.6 Å². The quantitative estimate of drug-likeness (QED) is 0.889. The average molecular weight is 236 g/mol. The maximum absolute atomic E-state index is 6.22. The summed E-state index contributed by atoms with van der Waals surface area (Å²) < 4.78 is 2.06. The van der Waals surface area contributed by atoms with Gasteiger partial charge in [0.25, 0.3) is 0 Å². The van der Waals surface area contributed by atoms with E-state index < -0.39 is 0 Å². The van der Waals surface area contributed by atoms with E-state index in [2.05, 4.69) is 16.5 Å². The Morgan fingerprint density at radius 2 is 2.25 bits per heavy atom. The van der Waals surface area contributed by atoms with Gasteiger partial charge in [0, 0.05) is 31.0 Å². The van der Waals surface area contributed by atoms with Gasteiger partial charge in [0.1, 0.15) is 5.82 Å². The number of hydrogen-bond acceptors (Lipinski definition) is 2.